The largest absolute Gasteiger partial charge is 0.490 e. The van der Waals surface area contributed by atoms with Crippen LogP contribution in [0.25, 0.3) is 0 Å². The van der Waals surface area contributed by atoms with Crippen molar-refractivity contribution >= 4 is 0 Å². The minimum atomic E-state index is 0.234. The Bertz CT molecular complexity index is 621. The average molecular weight is 267 g/mol. The van der Waals surface area contributed by atoms with Gasteiger partial charge in [0.15, 0.2) is 0 Å². The average Bonchev–Trinajstić information content (AvgIpc) is 2.81. The smallest absolute Gasteiger partial charge is 0.123 e. The Morgan fingerprint density at radius 1 is 1.20 bits per heavy atom. The summed E-state index contributed by atoms with van der Waals surface area (Å²) in [7, 11) is 2.02. The molecule has 0 aromatic heterocycles. The van der Waals surface area contributed by atoms with Crippen LogP contribution in [0.2, 0.25) is 0 Å². The molecule has 104 valence electrons. The number of ether oxygens (including phenoxy) is 1. The zero-order valence-electron chi connectivity index (χ0n) is 12.3. The standard InChI is InChI=1S/C18H21NO/c1-12-6-4-5-7-16(12)18(19-3)14-8-9-17-15(11-14)10-13(2)20-17/h4-9,11,13,18-19H,10H2,1-3H3. The van der Waals surface area contributed by atoms with Gasteiger partial charge in [-0.05, 0) is 49.2 Å². The van der Waals surface area contributed by atoms with Crippen LogP contribution in [-0.4, -0.2) is 13.2 Å². The maximum Gasteiger partial charge on any atom is 0.123 e. The van der Waals surface area contributed by atoms with E-state index in [1.54, 1.807) is 0 Å². The molecule has 0 bridgehead atoms. The maximum atomic E-state index is 5.78. The van der Waals surface area contributed by atoms with Crippen molar-refractivity contribution in [1.82, 2.24) is 5.32 Å². The molecule has 0 spiro atoms. The summed E-state index contributed by atoms with van der Waals surface area (Å²) >= 11 is 0. The fraction of sp³-hybridized carbons (Fsp3) is 0.333. The highest BCUT2D eigenvalue weighted by atomic mass is 16.5. The first-order chi connectivity index (χ1) is 9.69. The first kappa shape index (κ1) is 13.2. The van der Waals surface area contributed by atoms with E-state index in [0.29, 0.717) is 6.10 Å². The maximum absolute atomic E-state index is 5.78. The van der Waals surface area contributed by atoms with Crippen molar-refractivity contribution in [2.24, 2.45) is 0 Å². The van der Waals surface area contributed by atoms with Crippen molar-refractivity contribution in [2.75, 3.05) is 7.05 Å². The van der Waals surface area contributed by atoms with Crippen LogP contribution < -0.4 is 10.1 Å². The zero-order valence-corrected chi connectivity index (χ0v) is 12.3. The molecule has 1 heterocycles. The van der Waals surface area contributed by atoms with E-state index in [-0.39, 0.29) is 6.04 Å². The van der Waals surface area contributed by atoms with Crippen molar-refractivity contribution in [3.8, 4) is 5.75 Å². The SMILES string of the molecule is CNC(c1ccc2c(c1)CC(C)O2)c1ccccc1C. The minimum absolute atomic E-state index is 0.234. The lowest BCUT2D eigenvalue weighted by molar-refractivity contribution is 0.254. The number of hydrogen-bond acceptors (Lipinski definition) is 2. The summed E-state index contributed by atoms with van der Waals surface area (Å²) < 4.78 is 5.78. The second-order valence-electron chi connectivity index (χ2n) is 5.58. The summed E-state index contributed by atoms with van der Waals surface area (Å²) in [5.41, 5.74) is 5.28. The van der Waals surface area contributed by atoms with Gasteiger partial charge in [0.25, 0.3) is 0 Å². The van der Waals surface area contributed by atoms with E-state index in [1.807, 2.05) is 7.05 Å². The molecule has 0 radical (unpaired) electrons. The summed E-state index contributed by atoms with van der Waals surface area (Å²) in [6.45, 7) is 4.29. The van der Waals surface area contributed by atoms with Crippen LogP contribution in [0.5, 0.6) is 5.75 Å². The van der Waals surface area contributed by atoms with Gasteiger partial charge in [-0.3, -0.25) is 0 Å². The molecule has 0 amide bonds. The van der Waals surface area contributed by atoms with Crippen LogP contribution in [-0.2, 0) is 6.42 Å². The highest BCUT2D eigenvalue weighted by molar-refractivity contribution is 5.45. The van der Waals surface area contributed by atoms with Crippen LogP contribution in [0.3, 0.4) is 0 Å². The summed E-state index contributed by atoms with van der Waals surface area (Å²) in [5, 5.41) is 3.44. The third-order valence-electron chi connectivity index (χ3n) is 4.04. The minimum Gasteiger partial charge on any atom is -0.490 e. The van der Waals surface area contributed by atoms with Crippen LogP contribution in [0.1, 0.15) is 35.2 Å². The van der Waals surface area contributed by atoms with Gasteiger partial charge in [-0.1, -0.05) is 36.4 Å². The molecule has 2 unspecified atom stereocenters. The van der Waals surface area contributed by atoms with Crippen LogP contribution >= 0.6 is 0 Å². The molecule has 0 aliphatic carbocycles. The molecule has 1 N–H and O–H groups in total. The van der Waals surface area contributed by atoms with Crippen molar-refractivity contribution < 1.29 is 4.74 Å². The van der Waals surface area contributed by atoms with Crippen molar-refractivity contribution in [2.45, 2.75) is 32.4 Å². The summed E-state index contributed by atoms with van der Waals surface area (Å²) in [6, 6.07) is 15.3. The lowest BCUT2D eigenvalue weighted by Gasteiger charge is -2.20. The molecule has 0 saturated heterocycles. The summed E-state index contributed by atoms with van der Waals surface area (Å²) in [6.07, 6.45) is 1.31. The molecular weight excluding hydrogens is 246 g/mol. The van der Waals surface area contributed by atoms with Gasteiger partial charge in [-0.15, -0.1) is 0 Å². The van der Waals surface area contributed by atoms with E-state index in [1.165, 1.54) is 22.3 Å². The van der Waals surface area contributed by atoms with Crippen LogP contribution in [0.4, 0.5) is 0 Å². The molecule has 2 heteroatoms. The zero-order chi connectivity index (χ0) is 14.1. The molecule has 0 fully saturated rings. The number of benzene rings is 2. The quantitative estimate of drug-likeness (QED) is 0.917. The second kappa shape index (κ2) is 5.29. The van der Waals surface area contributed by atoms with Gasteiger partial charge in [-0.25, -0.2) is 0 Å². The number of aryl methyl sites for hydroxylation is 1. The Labute approximate surface area is 120 Å². The number of hydrogen-bond donors (Lipinski definition) is 1. The molecule has 1 aliphatic rings. The van der Waals surface area contributed by atoms with Crippen molar-refractivity contribution in [3.05, 3.63) is 64.7 Å². The first-order valence-electron chi connectivity index (χ1n) is 7.21. The van der Waals surface area contributed by atoms with Crippen molar-refractivity contribution in [3.63, 3.8) is 0 Å². The Morgan fingerprint density at radius 3 is 2.75 bits per heavy atom. The predicted octanol–water partition coefficient (Wildman–Crippen LogP) is 3.63. The Hall–Kier alpha value is -1.80. The topological polar surface area (TPSA) is 21.3 Å². The Morgan fingerprint density at radius 2 is 2.00 bits per heavy atom. The van der Waals surface area contributed by atoms with Gasteiger partial charge in [0.1, 0.15) is 11.9 Å². The van der Waals surface area contributed by atoms with E-state index >= 15 is 0 Å². The third kappa shape index (κ3) is 2.32. The molecule has 2 nitrogen and oxygen atoms in total. The van der Waals surface area contributed by atoms with E-state index in [4.69, 9.17) is 4.74 Å². The van der Waals surface area contributed by atoms with Gasteiger partial charge in [-0.2, -0.15) is 0 Å². The van der Waals surface area contributed by atoms with Crippen LogP contribution in [0.15, 0.2) is 42.5 Å². The van der Waals surface area contributed by atoms with E-state index in [2.05, 4.69) is 61.6 Å². The van der Waals surface area contributed by atoms with E-state index in [9.17, 15) is 0 Å². The van der Waals surface area contributed by atoms with Gasteiger partial charge in [0.05, 0.1) is 6.04 Å². The summed E-state index contributed by atoms with van der Waals surface area (Å²) in [4.78, 5) is 0. The molecule has 3 rings (SSSR count). The van der Waals surface area contributed by atoms with E-state index < -0.39 is 0 Å². The molecule has 1 aliphatic heterocycles. The third-order valence-corrected chi connectivity index (χ3v) is 4.04. The number of rotatable bonds is 3. The Balaban J connectivity index is 1.99. The van der Waals surface area contributed by atoms with Gasteiger partial charge >= 0.3 is 0 Å². The second-order valence-corrected chi connectivity index (χ2v) is 5.58. The fourth-order valence-corrected chi connectivity index (χ4v) is 3.03. The molecule has 20 heavy (non-hydrogen) atoms. The lowest BCUT2D eigenvalue weighted by Crippen LogP contribution is -2.18. The monoisotopic (exact) mass is 267 g/mol. The summed E-state index contributed by atoms with van der Waals surface area (Å²) in [5.74, 6) is 1.04. The number of nitrogens with one attached hydrogen (secondary N) is 1. The molecule has 2 aromatic carbocycles. The highest BCUT2D eigenvalue weighted by Crippen LogP contribution is 2.33. The Kier molecular flexibility index (Phi) is 3.49. The molecular formula is C18H21NO. The van der Waals surface area contributed by atoms with Gasteiger partial charge in [0.2, 0.25) is 0 Å². The van der Waals surface area contributed by atoms with Gasteiger partial charge < -0.3 is 10.1 Å². The fourth-order valence-electron chi connectivity index (χ4n) is 3.03. The van der Waals surface area contributed by atoms with Gasteiger partial charge in [0, 0.05) is 6.42 Å². The molecule has 0 saturated carbocycles. The lowest BCUT2D eigenvalue weighted by atomic mass is 9.93. The number of fused-ring (bicyclic) bond motifs is 1. The normalized spacial score (nSPS) is 18.4. The van der Waals surface area contributed by atoms with E-state index in [0.717, 1.165) is 12.2 Å². The predicted molar refractivity (Wildman–Crippen MR) is 82.3 cm³/mol. The van der Waals surface area contributed by atoms with Crippen LogP contribution in [0, 0.1) is 6.92 Å². The molecule has 2 aromatic rings. The molecule has 2 atom stereocenters. The van der Waals surface area contributed by atoms with Crippen molar-refractivity contribution in [1.29, 1.82) is 0 Å². The first-order valence-corrected chi connectivity index (χ1v) is 7.21. The highest BCUT2D eigenvalue weighted by Gasteiger charge is 2.21.